The van der Waals surface area contributed by atoms with Crippen molar-refractivity contribution in [3.8, 4) is 0 Å². The van der Waals surface area contributed by atoms with Crippen molar-refractivity contribution in [1.82, 2.24) is 4.31 Å². The van der Waals surface area contributed by atoms with E-state index < -0.39 is 10.0 Å². The number of fused-ring (bicyclic) bond motifs is 2. The van der Waals surface area contributed by atoms with Crippen LogP contribution in [-0.2, 0) is 15.4 Å². The smallest absolute Gasteiger partial charge is 0.212 e. The molecular formula is C16H23NO2S. The maximum absolute atomic E-state index is 12.0. The topological polar surface area (TPSA) is 37.4 Å². The molecule has 1 fully saturated rings. The van der Waals surface area contributed by atoms with Crippen molar-refractivity contribution >= 4 is 10.0 Å². The van der Waals surface area contributed by atoms with Crippen LogP contribution >= 0.6 is 0 Å². The molecule has 1 aliphatic heterocycles. The Morgan fingerprint density at radius 1 is 1.25 bits per heavy atom. The first-order valence-corrected chi connectivity index (χ1v) is 9.17. The van der Waals surface area contributed by atoms with Gasteiger partial charge >= 0.3 is 0 Å². The zero-order chi connectivity index (χ0) is 14.4. The highest BCUT2D eigenvalue weighted by Gasteiger charge is 2.45. The van der Waals surface area contributed by atoms with Crippen LogP contribution in [0.5, 0.6) is 0 Å². The fraction of sp³-hybridized carbons (Fsp3) is 0.625. The molecule has 0 amide bonds. The summed E-state index contributed by atoms with van der Waals surface area (Å²) in [6, 6.07) is 8.73. The van der Waals surface area contributed by atoms with E-state index in [1.54, 1.807) is 11.2 Å². The highest BCUT2D eigenvalue weighted by atomic mass is 32.2. The standard InChI is InChI=1S/C16H23NO2S/c1-3-20(18,19)17-10-8-16(9-11-17)12-13(2)14-6-4-5-7-15(14)16/h4-7,13H,3,8-12H2,1-2H3. The Morgan fingerprint density at radius 3 is 2.55 bits per heavy atom. The van der Waals surface area contributed by atoms with Gasteiger partial charge in [0.1, 0.15) is 0 Å². The van der Waals surface area contributed by atoms with E-state index in [-0.39, 0.29) is 11.2 Å². The third-order valence-electron chi connectivity index (χ3n) is 5.20. The second-order valence-electron chi connectivity index (χ2n) is 6.27. The Morgan fingerprint density at radius 2 is 1.90 bits per heavy atom. The number of nitrogens with zero attached hydrogens (tertiary/aromatic N) is 1. The minimum Gasteiger partial charge on any atom is -0.212 e. The second kappa shape index (κ2) is 4.85. The van der Waals surface area contributed by atoms with Crippen molar-refractivity contribution in [2.75, 3.05) is 18.8 Å². The van der Waals surface area contributed by atoms with E-state index in [0.29, 0.717) is 19.0 Å². The molecule has 3 rings (SSSR count). The summed E-state index contributed by atoms with van der Waals surface area (Å²) in [4.78, 5) is 0. The predicted molar refractivity (Wildman–Crippen MR) is 81.4 cm³/mol. The summed E-state index contributed by atoms with van der Waals surface area (Å²) in [6.45, 7) is 5.38. The molecule has 1 aromatic carbocycles. The molecule has 110 valence electrons. The quantitative estimate of drug-likeness (QED) is 0.841. The zero-order valence-electron chi connectivity index (χ0n) is 12.3. The molecule has 1 atom stereocenters. The molecule has 4 heteroatoms. The molecule has 3 nitrogen and oxygen atoms in total. The summed E-state index contributed by atoms with van der Waals surface area (Å²) in [5.41, 5.74) is 3.16. The average molecular weight is 293 g/mol. The number of hydrogen-bond acceptors (Lipinski definition) is 2. The molecule has 0 saturated carbocycles. The van der Waals surface area contributed by atoms with Gasteiger partial charge in [0.15, 0.2) is 0 Å². The van der Waals surface area contributed by atoms with Crippen LogP contribution in [0.3, 0.4) is 0 Å². The summed E-state index contributed by atoms with van der Waals surface area (Å²) >= 11 is 0. The van der Waals surface area contributed by atoms with Gasteiger partial charge in [-0.1, -0.05) is 31.2 Å². The lowest BCUT2D eigenvalue weighted by molar-refractivity contribution is 0.226. The maximum Gasteiger partial charge on any atom is 0.213 e. The van der Waals surface area contributed by atoms with Crippen LogP contribution in [0.15, 0.2) is 24.3 Å². The molecule has 1 aromatic rings. The Hall–Kier alpha value is -0.870. The zero-order valence-corrected chi connectivity index (χ0v) is 13.1. The SMILES string of the molecule is CCS(=O)(=O)N1CCC2(CC1)CC(C)c1ccccc12. The average Bonchev–Trinajstić information content (AvgIpc) is 2.73. The Bertz CT molecular complexity index is 601. The van der Waals surface area contributed by atoms with Gasteiger partial charge in [-0.2, -0.15) is 0 Å². The summed E-state index contributed by atoms with van der Waals surface area (Å²) in [6.07, 6.45) is 3.10. The first-order valence-electron chi connectivity index (χ1n) is 7.56. The molecule has 1 heterocycles. The summed E-state index contributed by atoms with van der Waals surface area (Å²) in [5.74, 6) is 0.813. The summed E-state index contributed by atoms with van der Waals surface area (Å²) < 4.78 is 25.7. The van der Waals surface area contributed by atoms with Gasteiger partial charge < -0.3 is 0 Å². The number of rotatable bonds is 2. The van der Waals surface area contributed by atoms with E-state index >= 15 is 0 Å². The van der Waals surface area contributed by atoms with E-state index in [1.807, 2.05) is 0 Å². The third kappa shape index (κ3) is 2.09. The van der Waals surface area contributed by atoms with Crippen LogP contribution in [0, 0.1) is 0 Å². The molecule has 1 saturated heterocycles. The van der Waals surface area contributed by atoms with E-state index in [4.69, 9.17) is 0 Å². The van der Waals surface area contributed by atoms with Crippen LogP contribution in [-0.4, -0.2) is 31.6 Å². The lowest BCUT2D eigenvalue weighted by atomic mass is 9.74. The molecule has 0 aromatic heterocycles. The molecule has 1 aliphatic carbocycles. The second-order valence-corrected chi connectivity index (χ2v) is 8.53. The molecule has 0 N–H and O–H groups in total. The maximum atomic E-state index is 12.0. The fourth-order valence-corrected chi connectivity index (χ4v) is 5.17. The summed E-state index contributed by atoms with van der Waals surface area (Å²) in [5, 5.41) is 0. The Balaban J connectivity index is 1.85. The lowest BCUT2D eigenvalue weighted by Gasteiger charge is -2.39. The fourth-order valence-electron chi connectivity index (χ4n) is 4.06. The highest BCUT2D eigenvalue weighted by Crippen LogP contribution is 2.51. The van der Waals surface area contributed by atoms with Gasteiger partial charge in [-0.05, 0) is 48.6 Å². The van der Waals surface area contributed by atoms with Crippen molar-refractivity contribution in [2.45, 2.75) is 44.4 Å². The molecule has 1 spiro atoms. The van der Waals surface area contributed by atoms with Gasteiger partial charge in [-0.15, -0.1) is 0 Å². The van der Waals surface area contributed by atoms with Crippen molar-refractivity contribution in [3.05, 3.63) is 35.4 Å². The highest BCUT2D eigenvalue weighted by molar-refractivity contribution is 7.89. The van der Waals surface area contributed by atoms with Gasteiger partial charge in [0.2, 0.25) is 10.0 Å². The lowest BCUT2D eigenvalue weighted by Crippen LogP contribution is -2.44. The first kappa shape index (κ1) is 14.1. The molecule has 0 bridgehead atoms. The van der Waals surface area contributed by atoms with Crippen molar-refractivity contribution in [3.63, 3.8) is 0 Å². The van der Waals surface area contributed by atoms with Crippen molar-refractivity contribution < 1.29 is 8.42 Å². The van der Waals surface area contributed by atoms with Gasteiger partial charge in [0.25, 0.3) is 0 Å². The Kier molecular flexibility index (Phi) is 3.41. The number of piperidine rings is 1. The van der Waals surface area contributed by atoms with Crippen LogP contribution < -0.4 is 0 Å². The van der Waals surface area contributed by atoms with Crippen LogP contribution in [0.1, 0.15) is 50.2 Å². The third-order valence-corrected chi connectivity index (χ3v) is 7.08. The van der Waals surface area contributed by atoms with Crippen LogP contribution in [0.2, 0.25) is 0 Å². The summed E-state index contributed by atoms with van der Waals surface area (Å²) in [7, 11) is -3.03. The van der Waals surface area contributed by atoms with Gasteiger partial charge in [-0.3, -0.25) is 0 Å². The minimum atomic E-state index is -3.03. The number of benzene rings is 1. The number of sulfonamides is 1. The Labute approximate surface area is 122 Å². The van der Waals surface area contributed by atoms with Crippen LogP contribution in [0.4, 0.5) is 0 Å². The largest absolute Gasteiger partial charge is 0.213 e. The van der Waals surface area contributed by atoms with Crippen molar-refractivity contribution in [2.24, 2.45) is 0 Å². The molecule has 20 heavy (non-hydrogen) atoms. The minimum absolute atomic E-state index is 0.215. The van der Waals surface area contributed by atoms with Crippen LogP contribution in [0.25, 0.3) is 0 Å². The molecule has 1 unspecified atom stereocenters. The number of hydrogen-bond donors (Lipinski definition) is 0. The van der Waals surface area contributed by atoms with Crippen molar-refractivity contribution in [1.29, 1.82) is 0 Å². The van der Waals surface area contributed by atoms with E-state index in [2.05, 4.69) is 31.2 Å². The monoisotopic (exact) mass is 293 g/mol. The van der Waals surface area contributed by atoms with Gasteiger partial charge in [-0.25, -0.2) is 12.7 Å². The first-order chi connectivity index (χ1) is 9.48. The van der Waals surface area contributed by atoms with Gasteiger partial charge in [0.05, 0.1) is 5.75 Å². The normalized spacial score (nSPS) is 25.8. The molecule has 0 radical (unpaired) electrons. The molecule has 2 aliphatic rings. The van der Waals surface area contributed by atoms with E-state index in [9.17, 15) is 8.42 Å². The molecular weight excluding hydrogens is 270 g/mol. The van der Waals surface area contributed by atoms with Gasteiger partial charge in [0, 0.05) is 13.1 Å². The van der Waals surface area contributed by atoms with E-state index in [1.165, 1.54) is 17.5 Å². The van der Waals surface area contributed by atoms with E-state index in [0.717, 1.165) is 12.8 Å². The predicted octanol–water partition coefficient (Wildman–Crippen LogP) is 2.88.